The van der Waals surface area contributed by atoms with Gasteiger partial charge in [0.2, 0.25) is 0 Å². The molecule has 2 heterocycles. The Morgan fingerprint density at radius 3 is 2.67 bits per heavy atom. The molecule has 1 aromatic rings. The van der Waals surface area contributed by atoms with E-state index in [-0.39, 0.29) is 6.09 Å². The number of rotatable bonds is 1. The summed E-state index contributed by atoms with van der Waals surface area (Å²) in [6.07, 6.45) is -0.290. The number of nitrogens with zero attached hydrogens (tertiary/aromatic N) is 3. The quantitative estimate of drug-likeness (QED) is 0.813. The molecular formula is C12H20N4O2. The Labute approximate surface area is 107 Å². The average molecular weight is 252 g/mol. The molecule has 0 spiro atoms. The first-order valence-electron chi connectivity index (χ1n) is 6.03. The summed E-state index contributed by atoms with van der Waals surface area (Å²) in [6, 6.07) is 0. The number of hydrogen-bond acceptors (Lipinski definition) is 4. The zero-order chi connectivity index (χ0) is 13.5. The van der Waals surface area contributed by atoms with Crippen LogP contribution in [0.2, 0.25) is 0 Å². The van der Waals surface area contributed by atoms with Crippen molar-refractivity contribution in [3.05, 3.63) is 17.0 Å². The maximum Gasteiger partial charge on any atom is 0.410 e. The van der Waals surface area contributed by atoms with Crippen molar-refractivity contribution in [3.8, 4) is 0 Å². The van der Waals surface area contributed by atoms with Crippen LogP contribution in [0.5, 0.6) is 0 Å². The van der Waals surface area contributed by atoms with Gasteiger partial charge in [0.25, 0.3) is 0 Å². The fourth-order valence-corrected chi connectivity index (χ4v) is 2.09. The van der Waals surface area contributed by atoms with Gasteiger partial charge in [-0.05, 0) is 20.8 Å². The smallest absolute Gasteiger partial charge is 0.410 e. The predicted molar refractivity (Wildman–Crippen MR) is 66.6 cm³/mol. The Balaban J connectivity index is 2.13. The molecule has 1 aromatic heterocycles. The van der Waals surface area contributed by atoms with Gasteiger partial charge in [-0.2, -0.15) is 5.10 Å². The van der Waals surface area contributed by atoms with Gasteiger partial charge in [-0.1, -0.05) is 0 Å². The zero-order valence-corrected chi connectivity index (χ0v) is 11.4. The van der Waals surface area contributed by atoms with Crippen molar-refractivity contribution in [1.29, 1.82) is 0 Å². The number of nitrogens with two attached hydrogens (primary N) is 1. The molecule has 6 nitrogen and oxygen atoms in total. The summed E-state index contributed by atoms with van der Waals surface area (Å²) < 4.78 is 7.16. The van der Waals surface area contributed by atoms with Gasteiger partial charge in [0, 0.05) is 19.2 Å². The van der Waals surface area contributed by atoms with Crippen LogP contribution in [-0.2, 0) is 31.4 Å². The third-order valence-electron chi connectivity index (χ3n) is 2.89. The van der Waals surface area contributed by atoms with E-state index in [2.05, 4.69) is 5.10 Å². The van der Waals surface area contributed by atoms with E-state index in [1.807, 2.05) is 27.8 Å². The normalized spacial score (nSPS) is 14.8. The van der Waals surface area contributed by atoms with Crippen molar-refractivity contribution in [2.75, 3.05) is 0 Å². The highest BCUT2D eigenvalue weighted by Crippen LogP contribution is 2.26. The van der Waals surface area contributed by atoms with Crippen molar-refractivity contribution in [2.24, 2.45) is 12.8 Å². The molecule has 0 aliphatic carbocycles. The molecule has 0 atom stereocenters. The van der Waals surface area contributed by atoms with Crippen LogP contribution < -0.4 is 5.73 Å². The SMILES string of the molecule is Cn1nc(CN)c2c1CN(C(=O)OC(C)(C)C)C2. The summed E-state index contributed by atoms with van der Waals surface area (Å²) in [5.41, 5.74) is 8.14. The minimum Gasteiger partial charge on any atom is -0.444 e. The van der Waals surface area contributed by atoms with Crippen LogP contribution in [0.15, 0.2) is 0 Å². The third kappa shape index (κ3) is 2.33. The number of ether oxygens (including phenoxy) is 1. The molecule has 0 saturated carbocycles. The molecule has 18 heavy (non-hydrogen) atoms. The standard InChI is InChI=1S/C12H20N4O2/c1-12(2,3)18-11(17)16-6-8-9(5-13)14-15(4)10(8)7-16/h5-7,13H2,1-4H3. The topological polar surface area (TPSA) is 73.4 Å². The summed E-state index contributed by atoms with van der Waals surface area (Å²) in [4.78, 5) is 13.7. The highest BCUT2D eigenvalue weighted by molar-refractivity contribution is 5.69. The molecule has 2 rings (SSSR count). The Kier molecular flexibility index (Phi) is 3.06. The zero-order valence-electron chi connectivity index (χ0n) is 11.4. The van der Waals surface area contributed by atoms with Crippen LogP contribution in [0, 0.1) is 0 Å². The lowest BCUT2D eigenvalue weighted by atomic mass is 10.2. The second-order valence-corrected chi connectivity index (χ2v) is 5.54. The lowest BCUT2D eigenvalue weighted by molar-refractivity contribution is 0.0238. The van der Waals surface area contributed by atoms with Crippen LogP contribution >= 0.6 is 0 Å². The summed E-state index contributed by atoms with van der Waals surface area (Å²) in [6.45, 7) is 7.05. The van der Waals surface area contributed by atoms with Gasteiger partial charge in [-0.3, -0.25) is 9.58 Å². The number of aryl methyl sites for hydroxylation is 1. The summed E-state index contributed by atoms with van der Waals surface area (Å²) in [5, 5.41) is 4.33. The van der Waals surface area contributed by atoms with Crippen molar-refractivity contribution >= 4 is 6.09 Å². The van der Waals surface area contributed by atoms with Crippen LogP contribution in [0.3, 0.4) is 0 Å². The Morgan fingerprint density at radius 2 is 2.11 bits per heavy atom. The van der Waals surface area contributed by atoms with Gasteiger partial charge in [0.1, 0.15) is 5.60 Å². The third-order valence-corrected chi connectivity index (χ3v) is 2.89. The van der Waals surface area contributed by atoms with Crippen LogP contribution in [0.25, 0.3) is 0 Å². The minimum atomic E-state index is -0.471. The van der Waals surface area contributed by atoms with E-state index in [0.717, 1.165) is 17.0 Å². The molecule has 0 fully saturated rings. The number of aromatic nitrogens is 2. The van der Waals surface area contributed by atoms with E-state index in [1.165, 1.54) is 0 Å². The first-order valence-corrected chi connectivity index (χ1v) is 6.03. The molecule has 0 bridgehead atoms. The Morgan fingerprint density at radius 1 is 1.44 bits per heavy atom. The number of carbonyl (C=O) groups excluding carboxylic acids is 1. The lowest BCUT2D eigenvalue weighted by Crippen LogP contribution is -2.33. The molecule has 100 valence electrons. The van der Waals surface area contributed by atoms with Gasteiger partial charge < -0.3 is 10.5 Å². The van der Waals surface area contributed by atoms with E-state index in [1.54, 1.807) is 9.58 Å². The van der Waals surface area contributed by atoms with E-state index < -0.39 is 5.60 Å². The van der Waals surface area contributed by atoms with Crippen molar-refractivity contribution in [2.45, 2.75) is 46.0 Å². The number of amides is 1. The maximum atomic E-state index is 12.0. The van der Waals surface area contributed by atoms with E-state index in [9.17, 15) is 4.79 Å². The minimum absolute atomic E-state index is 0.290. The molecule has 1 aliphatic heterocycles. The van der Waals surface area contributed by atoms with Crippen molar-refractivity contribution < 1.29 is 9.53 Å². The largest absolute Gasteiger partial charge is 0.444 e. The highest BCUT2D eigenvalue weighted by Gasteiger charge is 2.31. The molecule has 1 aliphatic rings. The molecule has 6 heteroatoms. The van der Waals surface area contributed by atoms with Crippen LogP contribution in [0.4, 0.5) is 4.79 Å². The predicted octanol–water partition coefficient (Wildman–Crippen LogP) is 1.13. The van der Waals surface area contributed by atoms with Gasteiger partial charge in [-0.25, -0.2) is 4.79 Å². The number of carbonyl (C=O) groups is 1. The average Bonchev–Trinajstić information content (AvgIpc) is 2.77. The van der Waals surface area contributed by atoms with E-state index in [0.29, 0.717) is 19.6 Å². The van der Waals surface area contributed by atoms with Crippen LogP contribution in [-0.4, -0.2) is 26.4 Å². The fraction of sp³-hybridized carbons (Fsp3) is 0.667. The lowest BCUT2D eigenvalue weighted by Gasteiger charge is -2.24. The molecule has 0 aromatic carbocycles. The van der Waals surface area contributed by atoms with E-state index in [4.69, 9.17) is 10.5 Å². The van der Waals surface area contributed by atoms with Crippen molar-refractivity contribution in [1.82, 2.24) is 14.7 Å². The van der Waals surface area contributed by atoms with Gasteiger partial charge in [0.05, 0.1) is 24.5 Å². The first-order chi connectivity index (χ1) is 8.31. The summed E-state index contributed by atoms with van der Waals surface area (Å²) in [5.74, 6) is 0. The molecule has 2 N–H and O–H groups in total. The fourth-order valence-electron chi connectivity index (χ4n) is 2.09. The van der Waals surface area contributed by atoms with Crippen LogP contribution in [0.1, 0.15) is 37.7 Å². The van der Waals surface area contributed by atoms with Crippen molar-refractivity contribution in [3.63, 3.8) is 0 Å². The molecule has 1 amide bonds. The molecule has 0 saturated heterocycles. The van der Waals surface area contributed by atoms with Gasteiger partial charge >= 0.3 is 6.09 Å². The maximum absolute atomic E-state index is 12.0. The van der Waals surface area contributed by atoms with Gasteiger partial charge in [0.15, 0.2) is 0 Å². The second kappa shape index (κ2) is 4.28. The summed E-state index contributed by atoms with van der Waals surface area (Å²) >= 11 is 0. The molecular weight excluding hydrogens is 232 g/mol. The highest BCUT2D eigenvalue weighted by atomic mass is 16.6. The number of fused-ring (bicyclic) bond motifs is 1. The molecule has 0 radical (unpaired) electrons. The Hall–Kier alpha value is -1.56. The first kappa shape index (κ1) is 12.9. The van der Waals surface area contributed by atoms with Gasteiger partial charge in [-0.15, -0.1) is 0 Å². The Bertz CT molecular complexity index is 473. The number of hydrogen-bond donors (Lipinski definition) is 1. The summed E-state index contributed by atoms with van der Waals surface area (Å²) in [7, 11) is 1.87. The second-order valence-electron chi connectivity index (χ2n) is 5.54. The van der Waals surface area contributed by atoms with E-state index >= 15 is 0 Å². The molecule has 0 unspecified atom stereocenters. The monoisotopic (exact) mass is 252 g/mol.